The summed E-state index contributed by atoms with van der Waals surface area (Å²) in [5.41, 5.74) is 1.46. The second-order valence-electron chi connectivity index (χ2n) is 9.07. The molecule has 1 heterocycles. The molecule has 0 amide bonds. The fraction of sp³-hybridized carbons (Fsp3) is 0.708. The van der Waals surface area contributed by atoms with Crippen LogP contribution in [0.5, 0.6) is 0 Å². The topological polar surface area (TPSA) is 35.5 Å². The maximum atomic E-state index is 13.0. The molecule has 2 aliphatic rings. The van der Waals surface area contributed by atoms with Crippen molar-refractivity contribution in [2.24, 2.45) is 5.92 Å². The SMILES string of the molecule is COCCCCCC1CCC([Si@H]2CC[C@H](OC(=O)c3ccc(F)cc3)CC2)CC1. The van der Waals surface area contributed by atoms with Gasteiger partial charge in [-0.1, -0.05) is 57.0 Å². The molecule has 0 radical (unpaired) electrons. The Morgan fingerprint density at radius 2 is 1.69 bits per heavy atom. The van der Waals surface area contributed by atoms with Gasteiger partial charge in [0.25, 0.3) is 0 Å². The maximum absolute atomic E-state index is 13.0. The summed E-state index contributed by atoms with van der Waals surface area (Å²) in [6.07, 6.45) is 13.1. The predicted molar refractivity (Wildman–Crippen MR) is 118 cm³/mol. The second-order valence-corrected chi connectivity index (χ2v) is 12.7. The summed E-state index contributed by atoms with van der Waals surface area (Å²) in [4.78, 5) is 12.2. The van der Waals surface area contributed by atoms with Gasteiger partial charge < -0.3 is 9.47 Å². The minimum atomic E-state index is -0.699. The third-order valence-corrected chi connectivity index (χ3v) is 11.2. The second kappa shape index (κ2) is 11.8. The molecule has 1 aliphatic carbocycles. The number of carbonyl (C=O) groups is 1. The van der Waals surface area contributed by atoms with E-state index in [2.05, 4.69) is 0 Å². The van der Waals surface area contributed by atoms with Crippen LogP contribution in [0.2, 0.25) is 17.6 Å². The number of unbranched alkanes of at least 4 members (excludes halogenated alkanes) is 2. The van der Waals surface area contributed by atoms with Crippen LogP contribution in [0.1, 0.15) is 74.6 Å². The first kappa shape index (κ1) is 22.5. The molecule has 3 rings (SSSR count). The monoisotopic (exact) mass is 420 g/mol. The molecule has 0 unspecified atom stereocenters. The number of hydrogen-bond donors (Lipinski definition) is 0. The zero-order chi connectivity index (χ0) is 20.5. The van der Waals surface area contributed by atoms with Gasteiger partial charge in [0.15, 0.2) is 0 Å². The van der Waals surface area contributed by atoms with E-state index in [1.54, 1.807) is 7.11 Å². The van der Waals surface area contributed by atoms with E-state index in [-0.39, 0.29) is 17.9 Å². The van der Waals surface area contributed by atoms with Gasteiger partial charge in [-0.25, -0.2) is 9.18 Å². The van der Waals surface area contributed by atoms with Crippen molar-refractivity contribution in [3.63, 3.8) is 0 Å². The third-order valence-electron chi connectivity index (χ3n) is 7.09. The predicted octanol–water partition coefficient (Wildman–Crippen LogP) is 6.14. The first-order valence-corrected chi connectivity index (χ1v) is 13.9. The molecular weight excluding hydrogens is 383 g/mol. The minimum absolute atomic E-state index is 0.0553. The van der Waals surface area contributed by atoms with Crippen molar-refractivity contribution in [2.75, 3.05) is 13.7 Å². The number of methoxy groups -OCH3 is 1. The van der Waals surface area contributed by atoms with Crippen LogP contribution in [0.25, 0.3) is 0 Å². The Morgan fingerprint density at radius 1 is 1.00 bits per heavy atom. The summed E-state index contributed by atoms with van der Waals surface area (Å²) < 4.78 is 23.8. The van der Waals surface area contributed by atoms with Gasteiger partial charge in [0.2, 0.25) is 0 Å². The van der Waals surface area contributed by atoms with Gasteiger partial charge in [0.05, 0.1) is 5.56 Å². The highest BCUT2D eigenvalue weighted by Crippen LogP contribution is 2.41. The van der Waals surface area contributed by atoms with Gasteiger partial charge >= 0.3 is 5.97 Å². The molecule has 0 bridgehead atoms. The fourth-order valence-corrected chi connectivity index (χ4v) is 9.45. The zero-order valence-corrected chi connectivity index (χ0v) is 19.1. The van der Waals surface area contributed by atoms with Crippen molar-refractivity contribution in [3.05, 3.63) is 35.6 Å². The van der Waals surface area contributed by atoms with E-state index in [9.17, 15) is 9.18 Å². The smallest absolute Gasteiger partial charge is 0.338 e. The highest BCUT2D eigenvalue weighted by Gasteiger charge is 2.32. The van der Waals surface area contributed by atoms with Gasteiger partial charge in [-0.15, -0.1) is 0 Å². The Bertz CT molecular complexity index is 605. The Balaban J connectivity index is 1.32. The lowest BCUT2D eigenvalue weighted by Gasteiger charge is -2.37. The standard InChI is InChI=1S/C24H37FO3Si/c1-27-16-4-2-3-5-19-6-12-23(13-7-19)29-17-14-22(15-18-29)28-24(26)20-8-10-21(25)11-9-20/h8-11,19,22-23,29H,2-7,12-18H2,1H3/t19?,22-,23?,29-. The largest absolute Gasteiger partial charge is 0.459 e. The van der Waals surface area contributed by atoms with E-state index in [4.69, 9.17) is 9.47 Å². The number of benzene rings is 1. The summed E-state index contributed by atoms with van der Waals surface area (Å²) in [6, 6.07) is 8.27. The maximum Gasteiger partial charge on any atom is 0.338 e. The van der Waals surface area contributed by atoms with E-state index in [0.29, 0.717) is 5.56 Å². The molecule has 1 aromatic carbocycles. The zero-order valence-electron chi connectivity index (χ0n) is 17.9. The summed E-state index contributed by atoms with van der Waals surface area (Å²) in [5.74, 6) is 0.325. The molecule has 5 heteroatoms. The molecule has 1 aliphatic heterocycles. The van der Waals surface area contributed by atoms with Crippen molar-refractivity contribution >= 4 is 14.8 Å². The molecule has 29 heavy (non-hydrogen) atoms. The number of carbonyl (C=O) groups excluding carboxylic acids is 1. The molecule has 1 saturated carbocycles. The van der Waals surface area contributed by atoms with Crippen molar-refractivity contribution in [2.45, 2.75) is 87.9 Å². The molecule has 1 saturated heterocycles. The third kappa shape index (κ3) is 7.21. The molecule has 1 aromatic rings. The lowest BCUT2D eigenvalue weighted by Crippen LogP contribution is -2.33. The molecule has 0 atom stereocenters. The molecule has 0 aromatic heterocycles. The van der Waals surface area contributed by atoms with Gasteiger partial charge in [-0.2, -0.15) is 0 Å². The van der Waals surface area contributed by atoms with Gasteiger partial charge in [0, 0.05) is 22.5 Å². The Morgan fingerprint density at radius 3 is 2.34 bits per heavy atom. The number of rotatable bonds is 9. The van der Waals surface area contributed by atoms with Crippen molar-refractivity contribution in [1.82, 2.24) is 0 Å². The van der Waals surface area contributed by atoms with E-state index in [0.717, 1.165) is 30.9 Å². The lowest BCUT2D eigenvalue weighted by atomic mass is 9.85. The molecule has 0 N–H and O–H groups in total. The highest BCUT2D eigenvalue weighted by molar-refractivity contribution is 6.60. The fourth-order valence-electron chi connectivity index (χ4n) is 5.29. The minimum Gasteiger partial charge on any atom is -0.459 e. The Labute approximate surface area is 177 Å². The van der Waals surface area contributed by atoms with Crippen LogP contribution in [-0.2, 0) is 9.47 Å². The van der Waals surface area contributed by atoms with E-state index < -0.39 is 8.80 Å². The van der Waals surface area contributed by atoms with Crippen LogP contribution in [0.3, 0.4) is 0 Å². The molecule has 2 fully saturated rings. The average Bonchev–Trinajstić information content (AvgIpc) is 2.75. The molecule has 162 valence electrons. The summed E-state index contributed by atoms with van der Waals surface area (Å²) in [6.45, 7) is 0.903. The van der Waals surface area contributed by atoms with Crippen molar-refractivity contribution in [3.8, 4) is 0 Å². The number of hydrogen-bond acceptors (Lipinski definition) is 3. The van der Waals surface area contributed by atoms with Crippen LogP contribution >= 0.6 is 0 Å². The first-order chi connectivity index (χ1) is 14.2. The highest BCUT2D eigenvalue weighted by atomic mass is 28.3. The Hall–Kier alpha value is -1.20. The quantitative estimate of drug-likeness (QED) is 0.273. The molecule has 0 spiro atoms. The lowest BCUT2D eigenvalue weighted by molar-refractivity contribution is 0.0272. The van der Waals surface area contributed by atoms with Crippen LogP contribution in [0.15, 0.2) is 24.3 Å². The Kier molecular flexibility index (Phi) is 9.18. The van der Waals surface area contributed by atoms with Crippen molar-refractivity contribution < 1.29 is 18.7 Å². The molecule has 3 nitrogen and oxygen atoms in total. The molecular formula is C24H37FO3Si. The summed E-state index contributed by atoms with van der Waals surface area (Å²) in [7, 11) is 1.09. The number of esters is 1. The van der Waals surface area contributed by atoms with Crippen LogP contribution in [0.4, 0.5) is 4.39 Å². The van der Waals surface area contributed by atoms with Crippen molar-refractivity contribution in [1.29, 1.82) is 0 Å². The average molecular weight is 421 g/mol. The van der Waals surface area contributed by atoms with E-state index in [1.165, 1.54) is 87.7 Å². The summed E-state index contributed by atoms with van der Waals surface area (Å²) >= 11 is 0. The van der Waals surface area contributed by atoms with Crippen LogP contribution < -0.4 is 0 Å². The summed E-state index contributed by atoms with van der Waals surface area (Å²) in [5, 5.41) is 0. The van der Waals surface area contributed by atoms with Gasteiger partial charge in [-0.05, 0) is 55.0 Å². The van der Waals surface area contributed by atoms with Gasteiger partial charge in [-0.3, -0.25) is 0 Å². The number of halogens is 1. The van der Waals surface area contributed by atoms with Crippen LogP contribution in [0, 0.1) is 11.7 Å². The normalized spacial score (nSPS) is 27.5. The van der Waals surface area contributed by atoms with E-state index in [1.807, 2.05) is 0 Å². The first-order valence-electron chi connectivity index (χ1n) is 11.6. The van der Waals surface area contributed by atoms with E-state index >= 15 is 0 Å². The van der Waals surface area contributed by atoms with Gasteiger partial charge in [0.1, 0.15) is 11.9 Å². The van der Waals surface area contributed by atoms with Crippen LogP contribution in [-0.4, -0.2) is 34.6 Å². The number of ether oxygens (including phenoxy) is 2.